The summed E-state index contributed by atoms with van der Waals surface area (Å²) in [5.74, 6) is 3.99. The number of hydrogen-bond acceptors (Lipinski definition) is 2. The van der Waals surface area contributed by atoms with Crippen LogP contribution in [0.2, 0.25) is 0 Å². The standard InChI is InChI=1S/C15H16Br2OS/c16-11-6-12(19-15(11)17)14(18)13-9-2-7-1-8(4-9)5-10(13)3-7/h6-10,13H,1-5H2. The van der Waals surface area contributed by atoms with Gasteiger partial charge in [-0.1, -0.05) is 0 Å². The van der Waals surface area contributed by atoms with Gasteiger partial charge in [0.2, 0.25) is 0 Å². The lowest BCUT2D eigenvalue weighted by Crippen LogP contribution is -2.47. The second kappa shape index (κ2) is 4.67. The molecule has 19 heavy (non-hydrogen) atoms. The Morgan fingerprint density at radius 2 is 1.63 bits per heavy atom. The molecule has 102 valence electrons. The van der Waals surface area contributed by atoms with Crippen molar-refractivity contribution in [3.05, 3.63) is 19.2 Å². The van der Waals surface area contributed by atoms with Crippen LogP contribution in [0.3, 0.4) is 0 Å². The van der Waals surface area contributed by atoms with E-state index in [1.165, 1.54) is 32.1 Å². The number of rotatable bonds is 2. The van der Waals surface area contributed by atoms with E-state index in [1.54, 1.807) is 11.3 Å². The van der Waals surface area contributed by atoms with Crippen LogP contribution in [0.1, 0.15) is 41.8 Å². The topological polar surface area (TPSA) is 17.1 Å². The molecule has 0 N–H and O–H groups in total. The second-order valence-corrected chi connectivity index (χ2v) is 9.78. The van der Waals surface area contributed by atoms with Crippen LogP contribution in [0.15, 0.2) is 14.3 Å². The Hall–Kier alpha value is 0.330. The average Bonchev–Trinajstić information content (AvgIpc) is 2.68. The highest BCUT2D eigenvalue weighted by Gasteiger charge is 2.50. The van der Waals surface area contributed by atoms with E-state index >= 15 is 0 Å². The first kappa shape index (κ1) is 13.0. The van der Waals surface area contributed by atoms with Gasteiger partial charge < -0.3 is 0 Å². The molecule has 4 fully saturated rings. The molecule has 1 nitrogen and oxygen atoms in total. The molecule has 0 unspecified atom stereocenters. The minimum absolute atomic E-state index is 0.324. The van der Waals surface area contributed by atoms with Crippen molar-refractivity contribution >= 4 is 49.0 Å². The fraction of sp³-hybridized carbons (Fsp3) is 0.667. The smallest absolute Gasteiger partial charge is 0.176 e. The highest BCUT2D eigenvalue weighted by Crippen LogP contribution is 2.57. The van der Waals surface area contributed by atoms with Crippen molar-refractivity contribution in [2.24, 2.45) is 29.6 Å². The largest absolute Gasteiger partial charge is 0.293 e. The molecule has 5 rings (SSSR count). The number of ketones is 1. The summed E-state index contributed by atoms with van der Waals surface area (Å²) in [6.07, 6.45) is 6.71. The van der Waals surface area contributed by atoms with Crippen LogP contribution < -0.4 is 0 Å². The zero-order valence-electron chi connectivity index (χ0n) is 10.6. The van der Waals surface area contributed by atoms with E-state index in [1.807, 2.05) is 6.07 Å². The highest BCUT2D eigenvalue weighted by atomic mass is 79.9. The summed E-state index contributed by atoms with van der Waals surface area (Å²) in [6.45, 7) is 0. The molecule has 4 aliphatic carbocycles. The molecular formula is C15H16Br2OS. The Kier molecular flexibility index (Phi) is 3.20. The van der Waals surface area contributed by atoms with Gasteiger partial charge in [0.05, 0.1) is 8.66 Å². The van der Waals surface area contributed by atoms with Gasteiger partial charge in [-0.25, -0.2) is 0 Å². The number of halogens is 2. The quantitative estimate of drug-likeness (QED) is 0.593. The van der Waals surface area contributed by atoms with E-state index in [9.17, 15) is 4.79 Å². The summed E-state index contributed by atoms with van der Waals surface area (Å²) in [6, 6.07) is 2.00. The molecule has 0 aliphatic heterocycles. The van der Waals surface area contributed by atoms with E-state index in [4.69, 9.17) is 0 Å². The van der Waals surface area contributed by atoms with Gasteiger partial charge in [-0.05, 0) is 93.7 Å². The maximum atomic E-state index is 12.9. The van der Waals surface area contributed by atoms with Gasteiger partial charge in [-0.3, -0.25) is 4.79 Å². The Morgan fingerprint density at radius 1 is 1.05 bits per heavy atom. The van der Waals surface area contributed by atoms with E-state index in [0.29, 0.717) is 23.5 Å². The molecule has 0 spiro atoms. The normalized spacial score (nSPS) is 39.8. The van der Waals surface area contributed by atoms with Crippen molar-refractivity contribution in [1.82, 2.24) is 0 Å². The van der Waals surface area contributed by atoms with Gasteiger partial charge in [0.15, 0.2) is 5.78 Å². The number of Topliss-reactive ketones (excluding diaryl/α,β-unsaturated/α-hetero) is 1. The minimum atomic E-state index is 0.324. The van der Waals surface area contributed by atoms with Crippen LogP contribution in [0.4, 0.5) is 0 Å². The Bertz CT molecular complexity index is 489. The molecule has 4 heteroatoms. The molecule has 1 aromatic rings. The minimum Gasteiger partial charge on any atom is -0.293 e. The zero-order chi connectivity index (χ0) is 13.1. The van der Waals surface area contributed by atoms with E-state index in [2.05, 4.69) is 31.9 Å². The lowest BCUT2D eigenvalue weighted by Gasteiger charge is -2.53. The molecule has 0 saturated heterocycles. The van der Waals surface area contributed by atoms with Crippen molar-refractivity contribution in [3.8, 4) is 0 Å². The maximum Gasteiger partial charge on any atom is 0.176 e. The van der Waals surface area contributed by atoms with Gasteiger partial charge in [0.25, 0.3) is 0 Å². The Morgan fingerprint density at radius 3 is 2.11 bits per heavy atom. The molecule has 1 aromatic heterocycles. The zero-order valence-corrected chi connectivity index (χ0v) is 14.6. The summed E-state index contributed by atoms with van der Waals surface area (Å²) < 4.78 is 2.06. The summed E-state index contributed by atoms with van der Waals surface area (Å²) in [5, 5.41) is 0. The first-order valence-corrected chi connectivity index (χ1v) is 9.51. The van der Waals surface area contributed by atoms with Crippen molar-refractivity contribution in [2.45, 2.75) is 32.1 Å². The molecule has 4 aliphatic rings. The predicted octanol–water partition coefficient (Wildman–Crippen LogP) is 5.53. The molecular weight excluding hydrogens is 388 g/mol. The summed E-state index contributed by atoms with van der Waals surface area (Å²) in [7, 11) is 0. The predicted molar refractivity (Wildman–Crippen MR) is 84.6 cm³/mol. The van der Waals surface area contributed by atoms with Gasteiger partial charge in [0, 0.05) is 10.4 Å². The van der Waals surface area contributed by atoms with Crippen molar-refractivity contribution in [2.75, 3.05) is 0 Å². The third-order valence-electron chi connectivity index (χ3n) is 5.42. The Balaban J connectivity index is 1.63. The van der Waals surface area contributed by atoms with Crippen LogP contribution in [0.25, 0.3) is 0 Å². The fourth-order valence-corrected chi connectivity index (χ4v) is 7.01. The monoisotopic (exact) mass is 402 g/mol. The maximum absolute atomic E-state index is 12.9. The van der Waals surface area contributed by atoms with E-state index < -0.39 is 0 Å². The first-order chi connectivity index (χ1) is 9.11. The van der Waals surface area contributed by atoms with E-state index in [0.717, 1.165) is 25.0 Å². The molecule has 1 heterocycles. The third kappa shape index (κ3) is 2.09. The number of carbonyl (C=O) groups excluding carboxylic acids is 1. The lowest BCUT2D eigenvalue weighted by molar-refractivity contribution is -0.0249. The second-order valence-electron chi connectivity index (χ2n) is 6.55. The van der Waals surface area contributed by atoms with Gasteiger partial charge in [-0.2, -0.15) is 0 Å². The summed E-state index contributed by atoms with van der Waals surface area (Å²) in [5.41, 5.74) is 0. The van der Waals surface area contributed by atoms with Gasteiger partial charge in [-0.15, -0.1) is 11.3 Å². The first-order valence-electron chi connectivity index (χ1n) is 7.11. The van der Waals surface area contributed by atoms with Crippen LogP contribution in [-0.4, -0.2) is 5.78 Å². The van der Waals surface area contributed by atoms with Crippen molar-refractivity contribution < 1.29 is 4.79 Å². The van der Waals surface area contributed by atoms with Crippen molar-refractivity contribution in [1.29, 1.82) is 0 Å². The molecule has 0 amide bonds. The summed E-state index contributed by atoms with van der Waals surface area (Å²) >= 11 is 8.59. The summed E-state index contributed by atoms with van der Waals surface area (Å²) in [4.78, 5) is 13.8. The highest BCUT2D eigenvalue weighted by molar-refractivity contribution is 9.13. The Labute approximate surface area is 134 Å². The third-order valence-corrected chi connectivity index (χ3v) is 8.69. The van der Waals surface area contributed by atoms with Crippen LogP contribution >= 0.6 is 43.2 Å². The molecule has 4 saturated carbocycles. The average molecular weight is 404 g/mol. The molecule has 0 atom stereocenters. The molecule has 0 aromatic carbocycles. The van der Waals surface area contributed by atoms with Crippen LogP contribution in [0.5, 0.6) is 0 Å². The van der Waals surface area contributed by atoms with Crippen molar-refractivity contribution in [3.63, 3.8) is 0 Å². The number of thiophene rings is 1. The van der Waals surface area contributed by atoms with E-state index in [-0.39, 0.29) is 0 Å². The fourth-order valence-electron chi connectivity index (χ4n) is 4.99. The van der Waals surface area contributed by atoms with Gasteiger partial charge >= 0.3 is 0 Å². The number of hydrogen-bond donors (Lipinski definition) is 0. The van der Waals surface area contributed by atoms with Crippen LogP contribution in [-0.2, 0) is 0 Å². The molecule has 0 radical (unpaired) electrons. The van der Waals surface area contributed by atoms with Gasteiger partial charge in [0.1, 0.15) is 0 Å². The number of carbonyl (C=O) groups is 1. The van der Waals surface area contributed by atoms with Crippen LogP contribution in [0, 0.1) is 29.6 Å². The molecule has 4 bridgehead atoms. The lowest BCUT2D eigenvalue weighted by atomic mass is 9.51. The SMILES string of the molecule is O=C(c1cc(Br)c(Br)s1)C1C2CC3CC(C2)CC1C3.